The number of hydrogen-bond acceptors (Lipinski definition) is 3. The fourth-order valence-electron chi connectivity index (χ4n) is 3.06. The third-order valence-electron chi connectivity index (χ3n) is 4.37. The Bertz CT molecular complexity index is 903. The van der Waals surface area contributed by atoms with Gasteiger partial charge in [-0.1, -0.05) is 36.4 Å². The number of aliphatic imine (C=N–C) groups is 1. The van der Waals surface area contributed by atoms with Crippen molar-refractivity contribution in [2.75, 3.05) is 6.61 Å². The number of nitrogens with two attached hydrogens (primary N) is 1. The summed E-state index contributed by atoms with van der Waals surface area (Å²) in [5.74, 6) is 1.34. The lowest BCUT2D eigenvalue weighted by atomic mass is 10.0. The SMILES string of the molecule is NC(=NCc1cnn(-c2ccccc2)c1)NC1CCOc2ccccc21. The van der Waals surface area contributed by atoms with E-state index in [1.807, 2.05) is 65.6 Å². The summed E-state index contributed by atoms with van der Waals surface area (Å²) in [5, 5.41) is 7.68. The lowest BCUT2D eigenvalue weighted by molar-refractivity contribution is 0.262. The molecule has 0 radical (unpaired) electrons. The Balaban J connectivity index is 1.41. The van der Waals surface area contributed by atoms with Crippen molar-refractivity contribution in [2.45, 2.75) is 19.0 Å². The zero-order valence-corrected chi connectivity index (χ0v) is 14.4. The Hall–Kier alpha value is -3.28. The van der Waals surface area contributed by atoms with Crippen LogP contribution in [-0.2, 0) is 6.54 Å². The first-order chi connectivity index (χ1) is 12.8. The molecule has 3 N–H and O–H groups in total. The van der Waals surface area contributed by atoms with Gasteiger partial charge in [-0.15, -0.1) is 0 Å². The van der Waals surface area contributed by atoms with Crippen molar-refractivity contribution in [1.82, 2.24) is 15.1 Å². The zero-order chi connectivity index (χ0) is 17.8. The van der Waals surface area contributed by atoms with E-state index in [2.05, 4.69) is 21.5 Å². The Labute approximate surface area is 152 Å². The van der Waals surface area contributed by atoms with Crippen molar-refractivity contribution >= 4 is 5.96 Å². The van der Waals surface area contributed by atoms with Gasteiger partial charge in [-0.3, -0.25) is 0 Å². The number of guanidine groups is 1. The number of hydrogen-bond donors (Lipinski definition) is 2. The highest BCUT2D eigenvalue weighted by Gasteiger charge is 2.21. The summed E-state index contributed by atoms with van der Waals surface area (Å²) in [6.07, 6.45) is 4.64. The van der Waals surface area contributed by atoms with E-state index in [-0.39, 0.29) is 6.04 Å². The number of nitrogens with zero attached hydrogens (tertiary/aromatic N) is 3. The maximum atomic E-state index is 6.10. The highest BCUT2D eigenvalue weighted by molar-refractivity contribution is 5.78. The lowest BCUT2D eigenvalue weighted by Crippen LogP contribution is -2.37. The molecule has 1 aliphatic rings. The summed E-state index contributed by atoms with van der Waals surface area (Å²) in [7, 11) is 0. The minimum atomic E-state index is 0.121. The van der Waals surface area contributed by atoms with E-state index in [1.54, 1.807) is 0 Å². The normalized spacial score (nSPS) is 16.6. The van der Waals surface area contributed by atoms with Crippen molar-refractivity contribution in [2.24, 2.45) is 10.7 Å². The molecule has 4 rings (SSSR count). The summed E-state index contributed by atoms with van der Waals surface area (Å²) in [4.78, 5) is 4.46. The van der Waals surface area contributed by atoms with Gasteiger partial charge in [0.1, 0.15) is 5.75 Å². The van der Waals surface area contributed by atoms with Crippen LogP contribution in [0, 0.1) is 0 Å². The largest absolute Gasteiger partial charge is 0.493 e. The summed E-state index contributed by atoms with van der Waals surface area (Å²) in [5.41, 5.74) is 9.24. The van der Waals surface area contributed by atoms with E-state index in [9.17, 15) is 0 Å². The molecule has 1 unspecified atom stereocenters. The number of aromatic nitrogens is 2. The molecule has 0 fully saturated rings. The van der Waals surface area contributed by atoms with Crippen LogP contribution in [0.1, 0.15) is 23.6 Å². The first-order valence-electron chi connectivity index (χ1n) is 8.67. The van der Waals surface area contributed by atoms with E-state index in [0.717, 1.165) is 29.0 Å². The number of nitrogens with one attached hydrogen (secondary N) is 1. The van der Waals surface area contributed by atoms with E-state index in [1.165, 1.54) is 0 Å². The molecule has 0 saturated heterocycles. The van der Waals surface area contributed by atoms with Gasteiger partial charge in [-0.05, 0) is 18.2 Å². The molecule has 1 aliphatic heterocycles. The molecule has 132 valence electrons. The first kappa shape index (κ1) is 16.2. The van der Waals surface area contributed by atoms with Gasteiger partial charge in [0.25, 0.3) is 0 Å². The fraction of sp³-hybridized carbons (Fsp3) is 0.200. The molecule has 0 bridgehead atoms. The van der Waals surface area contributed by atoms with Crippen LogP contribution < -0.4 is 15.8 Å². The molecule has 1 aromatic heterocycles. The van der Waals surface area contributed by atoms with Crippen molar-refractivity contribution < 1.29 is 4.74 Å². The molecular weight excluding hydrogens is 326 g/mol. The van der Waals surface area contributed by atoms with Crippen molar-refractivity contribution in [1.29, 1.82) is 0 Å². The number of ether oxygens (including phenoxy) is 1. The number of rotatable bonds is 4. The summed E-state index contributed by atoms with van der Waals surface area (Å²) in [6.45, 7) is 1.16. The molecule has 2 aromatic carbocycles. The van der Waals surface area contributed by atoms with Gasteiger partial charge in [0.05, 0.1) is 31.1 Å². The van der Waals surface area contributed by atoms with Crippen LogP contribution in [0.5, 0.6) is 5.75 Å². The highest BCUT2D eigenvalue weighted by Crippen LogP contribution is 2.31. The maximum absolute atomic E-state index is 6.10. The number of benzene rings is 2. The quantitative estimate of drug-likeness (QED) is 0.562. The molecule has 3 aromatic rings. The van der Waals surface area contributed by atoms with Crippen LogP contribution in [0.2, 0.25) is 0 Å². The van der Waals surface area contributed by atoms with E-state index < -0.39 is 0 Å². The summed E-state index contributed by atoms with van der Waals surface area (Å²) in [6, 6.07) is 18.1. The molecule has 6 nitrogen and oxygen atoms in total. The van der Waals surface area contributed by atoms with Gasteiger partial charge in [-0.25, -0.2) is 9.67 Å². The van der Waals surface area contributed by atoms with Crippen LogP contribution in [0.3, 0.4) is 0 Å². The maximum Gasteiger partial charge on any atom is 0.189 e. The molecule has 0 aliphatic carbocycles. The average Bonchev–Trinajstić information content (AvgIpc) is 3.17. The van der Waals surface area contributed by atoms with Crippen LogP contribution in [0.15, 0.2) is 72.0 Å². The number of para-hydroxylation sites is 2. The van der Waals surface area contributed by atoms with E-state index in [0.29, 0.717) is 19.1 Å². The molecule has 0 spiro atoms. The minimum absolute atomic E-state index is 0.121. The first-order valence-corrected chi connectivity index (χ1v) is 8.67. The second-order valence-electron chi connectivity index (χ2n) is 6.20. The fourth-order valence-corrected chi connectivity index (χ4v) is 3.06. The second-order valence-corrected chi connectivity index (χ2v) is 6.20. The van der Waals surface area contributed by atoms with Gasteiger partial charge in [-0.2, -0.15) is 5.10 Å². The Morgan fingerprint density at radius 3 is 2.88 bits per heavy atom. The predicted octanol–water partition coefficient (Wildman–Crippen LogP) is 2.80. The predicted molar refractivity (Wildman–Crippen MR) is 101 cm³/mol. The number of fused-ring (bicyclic) bond motifs is 1. The lowest BCUT2D eigenvalue weighted by Gasteiger charge is -2.26. The average molecular weight is 347 g/mol. The third kappa shape index (κ3) is 3.54. The van der Waals surface area contributed by atoms with Gasteiger partial charge >= 0.3 is 0 Å². The van der Waals surface area contributed by atoms with E-state index in [4.69, 9.17) is 10.5 Å². The molecule has 6 heteroatoms. The smallest absolute Gasteiger partial charge is 0.189 e. The summed E-state index contributed by atoms with van der Waals surface area (Å²) >= 11 is 0. The highest BCUT2D eigenvalue weighted by atomic mass is 16.5. The Morgan fingerprint density at radius 1 is 1.19 bits per heavy atom. The van der Waals surface area contributed by atoms with Crippen LogP contribution >= 0.6 is 0 Å². The van der Waals surface area contributed by atoms with Gasteiger partial charge in [0.2, 0.25) is 0 Å². The van der Waals surface area contributed by atoms with Gasteiger partial charge in [0.15, 0.2) is 5.96 Å². The van der Waals surface area contributed by atoms with Crippen LogP contribution in [-0.4, -0.2) is 22.3 Å². The topological polar surface area (TPSA) is 77.5 Å². The Kier molecular flexibility index (Phi) is 4.55. The van der Waals surface area contributed by atoms with E-state index >= 15 is 0 Å². The minimum Gasteiger partial charge on any atom is -0.493 e. The zero-order valence-electron chi connectivity index (χ0n) is 14.4. The molecular formula is C20H21N5O. The van der Waals surface area contributed by atoms with Crippen LogP contribution in [0.4, 0.5) is 0 Å². The standard InChI is InChI=1S/C20H21N5O/c21-20(24-18-10-11-26-19-9-5-4-8-17(18)19)22-12-15-13-23-25(14-15)16-6-2-1-3-7-16/h1-9,13-14,18H,10-12H2,(H3,21,22,24). The molecule has 2 heterocycles. The van der Waals surface area contributed by atoms with Crippen LogP contribution in [0.25, 0.3) is 5.69 Å². The van der Waals surface area contributed by atoms with Gasteiger partial charge < -0.3 is 15.8 Å². The molecule has 1 atom stereocenters. The third-order valence-corrected chi connectivity index (χ3v) is 4.37. The van der Waals surface area contributed by atoms with Crippen molar-refractivity contribution in [3.05, 3.63) is 78.1 Å². The second kappa shape index (κ2) is 7.31. The molecule has 0 amide bonds. The summed E-state index contributed by atoms with van der Waals surface area (Å²) < 4.78 is 7.51. The van der Waals surface area contributed by atoms with Gasteiger partial charge in [0, 0.05) is 23.7 Å². The monoisotopic (exact) mass is 347 g/mol. The Morgan fingerprint density at radius 2 is 2.00 bits per heavy atom. The molecule has 0 saturated carbocycles. The van der Waals surface area contributed by atoms with Crippen molar-refractivity contribution in [3.8, 4) is 11.4 Å². The molecule has 26 heavy (non-hydrogen) atoms. The van der Waals surface area contributed by atoms with Crippen molar-refractivity contribution in [3.63, 3.8) is 0 Å².